The minimum absolute atomic E-state index is 0.0211. The van der Waals surface area contributed by atoms with Crippen molar-refractivity contribution in [3.05, 3.63) is 33.9 Å². The summed E-state index contributed by atoms with van der Waals surface area (Å²) in [4.78, 5) is 34.0. The molecule has 9 nitrogen and oxygen atoms in total. The van der Waals surface area contributed by atoms with E-state index in [1.54, 1.807) is 0 Å². The van der Waals surface area contributed by atoms with Crippen LogP contribution >= 0.6 is 0 Å². The fraction of sp³-hybridized carbons (Fsp3) is 0.467. The molecule has 0 aliphatic heterocycles. The number of nitro groups is 1. The summed E-state index contributed by atoms with van der Waals surface area (Å²) in [6.07, 6.45) is 1.94. The molecule has 0 unspecified atom stereocenters. The Kier molecular flexibility index (Phi) is 6.07. The number of carbonyl (C=O) groups excluding carboxylic acids is 2. The van der Waals surface area contributed by atoms with E-state index < -0.39 is 23.4 Å². The molecule has 0 bridgehead atoms. The van der Waals surface area contributed by atoms with Gasteiger partial charge in [-0.2, -0.15) is 0 Å². The van der Waals surface area contributed by atoms with Crippen molar-refractivity contribution in [2.45, 2.75) is 18.9 Å². The molecule has 1 fully saturated rings. The minimum Gasteiger partial charge on any atom is -0.452 e. The molecule has 1 aromatic carbocycles. The first kappa shape index (κ1) is 17.7. The normalized spacial score (nSPS) is 13.2. The van der Waals surface area contributed by atoms with E-state index in [4.69, 9.17) is 9.47 Å². The second-order valence-corrected chi connectivity index (χ2v) is 5.33. The van der Waals surface area contributed by atoms with E-state index in [1.807, 2.05) is 0 Å². The van der Waals surface area contributed by atoms with Gasteiger partial charge in [-0.1, -0.05) is 0 Å². The molecule has 1 aliphatic carbocycles. The summed E-state index contributed by atoms with van der Waals surface area (Å²) in [5.74, 6) is -1.26. The zero-order valence-corrected chi connectivity index (χ0v) is 13.2. The molecule has 0 saturated heterocycles. The largest absolute Gasteiger partial charge is 0.452 e. The maximum absolute atomic E-state index is 11.9. The third-order valence-electron chi connectivity index (χ3n) is 3.33. The molecule has 9 heteroatoms. The van der Waals surface area contributed by atoms with Crippen molar-refractivity contribution in [1.29, 1.82) is 0 Å². The SMILES string of the molecule is COCCNC(=O)COC(=O)c1ccc(NC2CC2)c([N+](=O)[O-])c1. The van der Waals surface area contributed by atoms with Crippen molar-refractivity contribution < 1.29 is 24.0 Å². The molecular weight excluding hydrogens is 318 g/mol. The maximum Gasteiger partial charge on any atom is 0.338 e. The van der Waals surface area contributed by atoms with Gasteiger partial charge in [-0.25, -0.2) is 4.79 Å². The molecule has 24 heavy (non-hydrogen) atoms. The highest BCUT2D eigenvalue weighted by atomic mass is 16.6. The Morgan fingerprint density at radius 3 is 2.75 bits per heavy atom. The Morgan fingerprint density at radius 2 is 2.12 bits per heavy atom. The highest BCUT2D eigenvalue weighted by Gasteiger charge is 2.25. The first-order valence-electron chi connectivity index (χ1n) is 7.49. The van der Waals surface area contributed by atoms with Gasteiger partial charge in [-0.05, 0) is 25.0 Å². The molecule has 1 aromatic rings. The van der Waals surface area contributed by atoms with Gasteiger partial charge in [0.25, 0.3) is 11.6 Å². The topological polar surface area (TPSA) is 120 Å². The van der Waals surface area contributed by atoms with Gasteiger partial charge in [0, 0.05) is 25.8 Å². The molecule has 130 valence electrons. The predicted molar refractivity (Wildman–Crippen MR) is 84.9 cm³/mol. The number of carbonyl (C=O) groups is 2. The highest BCUT2D eigenvalue weighted by Crippen LogP contribution is 2.31. The number of nitrogens with zero attached hydrogens (tertiary/aromatic N) is 1. The van der Waals surface area contributed by atoms with Gasteiger partial charge in [0.2, 0.25) is 0 Å². The Labute approximate surface area is 138 Å². The average Bonchev–Trinajstić information content (AvgIpc) is 3.37. The van der Waals surface area contributed by atoms with Gasteiger partial charge in [0.05, 0.1) is 17.1 Å². The molecule has 0 aromatic heterocycles. The first-order valence-corrected chi connectivity index (χ1v) is 7.49. The summed E-state index contributed by atoms with van der Waals surface area (Å²) in [5.41, 5.74) is 0.199. The molecule has 1 amide bonds. The number of hydrogen-bond acceptors (Lipinski definition) is 7. The van der Waals surface area contributed by atoms with E-state index in [0.717, 1.165) is 18.9 Å². The van der Waals surface area contributed by atoms with Crippen LogP contribution in [0.2, 0.25) is 0 Å². The molecule has 0 heterocycles. The lowest BCUT2D eigenvalue weighted by Gasteiger charge is -2.08. The second kappa shape index (κ2) is 8.25. The molecular formula is C15H19N3O6. The number of hydrogen-bond donors (Lipinski definition) is 2. The zero-order valence-electron chi connectivity index (χ0n) is 13.2. The number of benzene rings is 1. The van der Waals surface area contributed by atoms with Crippen molar-refractivity contribution in [2.24, 2.45) is 0 Å². The molecule has 1 aliphatic rings. The lowest BCUT2D eigenvalue weighted by molar-refractivity contribution is -0.384. The second-order valence-electron chi connectivity index (χ2n) is 5.33. The molecule has 1 saturated carbocycles. The van der Waals surface area contributed by atoms with E-state index in [2.05, 4.69) is 10.6 Å². The number of nitro benzene ring substituents is 1. The van der Waals surface area contributed by atoms with Crippen molar-refractivity contribution in [3.63, 3.8) is 0 Å². The Morgan fingerprint density at radius 1 is 1.38 bits per heavy atom. The van der Waals surface area contributed by atoms with Gasteiger partial charge in [0.1, 0.15) is 5.69 Å². The fourth-order valence-corrected chi connectivity index (χ4v) is 1.94. The van der Waals surface area contributed by atoms with Crippen molar-refractivity contribution in [3.8, 4) is 0 Å². The van der Waals surface area contributed by atoms with Crippen LogP contribution in [0.5, 0.6) is 0 Å². The van der Waals surface area contributed by atoms with E-state index in [-0.39, 0.29) is 17.3 Å². The van der Waals surface area contributed by atoms with Gasteiger partial charge in [-0.3, -0.25) is 14.9 Å². The number of rotatable bonds is 9. The van der Waals surface area contributed by atoms with E-state index in [0.29, 0.717) is 18.8 Å². The van der Waals surface area contributed by atoms with Gasteiger partial charge in [0.15, 0.2) is 6.61 Å². The van der Waals surface area contributed by atoms with Crippen molar-refractivity contribution in [1.82, 2.24) is 5.32 Å². The summed E-state index contributed by atoms with van der Waals surface area (Å²) in [6.45, 7) is 0.194. The lowest BCUT2D eigenvalue weighted by atomic mass is 10.1. The van der Waals surface area contributed by atoms with Crippen molar-refractivity contribution >= 4 is 23.3 Å². The van der Waals surface area contributed by atoms with E-state index >= 15 is 0 Å². The molecule has 2 rings (SSSR count). The van der Waals surface area contributed by atoms with Crippen LogP contribution in [0.3, 0.4) is 0 Å². The Balaban J connectivity index is 1.94. The zero-order chi connectivity index (χ0) is 17.5. The fourth-order valence-electron chi connectivity index (χ4n) is 1.94. The molecule has 0 spiro atoms. The van der Waals surface area contributed by atoms with Crippen LogP contribution in [0, 0.1) is 10.1 Å². The highest BCUT2D eigenvalue weighted by molar-refractivity contribution is 5.93. The molecule has 2 N–H and O–H groups in total. The number of esters is 1. The third kappa shape index (κ3) is 5.20. The molecule has 0 radical (unpaired) electrons. The summed E-state index contributed by atoms with van der Waals surface area (Å²) in [7, 11) is 1.50. The van der Waals surface area contributed by atoms with Crippen LogP contribution in [0.4, 0.5) is 11.4 Å². The average molecular weight is 337 g/mol. The van der Waals surface area contributed by atoms with Crippen LogP contribution in [-0.4, -0.2) is 49.7 Å². The monoisotopic (exact) mass is 337 g/mol. The number of anilines is 1. The number of methoxy groups -OCH3 is 1. The summed E-state index contributed by atoms with van der Waals surface area (Å²) in [6, 6.07) is 4.31. The van der Waals surface area contributed by atoms with Crippen LogP contribution in [-0.2, 0) is 14.3 Å². The Bertz CT molecular complexity index is 630. The first-order chi connectivity index (χ1) is 11.5. The number of ether oxygens (including phenoxy) is 2. The maximum atomic E-state index is 11.9. The predicted octanol–water partition coefficient (Wildman–Crippen LogP) is 1.09. The van der Waals surface area contributed by atoms with Gasteiger partial charge < -0.3 is 20.1 Å². The summed E-state index contributed by atoms with van der Waals surface area (Å²) in [5, 5.41) is 16.7. The van der Waals surface area contributed by atoms with E-state index in [9.17, 15) is 19.7 Å². The number of nitrogens with one attached hydrogen (secondary N) is 2. The summed E-state index contributed by atoms with van der Waals surface area (Å²) >= 11 is 0. The summed E-state index contributed by atoms with van der Waals surface area (Å²) < 4.78 is 9.63. The smallest absolute Gasteiger partial charge is 0.338 e. The van der Waals surface area contributed by atoms with Crippen LogP contribution < -0.4 is 10.6 Å². The van der Waals surface area contributed by atoms with Crippen molar-refractivity contribution in [2.75, 3.05) is 32.2 Å². The van der Waals surface area contributed by atoms with Gasteiger partial charge in [-0.15, -0.1) is 0 Å². The van der Waals surface area contributed by atoms with Gasteiger partial charge >= 0.3 is 5.97 Å². The van der Waals surface area contributed by atoms with Crippen LogP contribution in [0.25, 0.3) is 0 Å². The van der Waals surface area contributed by atoms with Crippen LogP contribution in [0.15, 0.2) is 18.2 Å². The third-order valence-corrected chi connectivity index (χ3v) is 3.33. The number of amides is 1. The standard InChI is InChI=1S/C15H19N3O6/c1-23-7-6-16-14(19)9-24-15(20)10-2-5-12(17-11-3-4-11)13(8-10)18(21)22/h2,5,8,11,17H,3-4,6-7,9H2,1H3,(H,16,19). The Hall–Kier alpha value is -2.68. The quantitative estimate of drug-likeness (QED) is 0.299. The van der Waals surface area contributed by atoms with Crippen LogP contribution in [0.1, 0.15) is 23.2 Å². The minimum atomic E-state index is -0.794. The van der Waals surface area contributed by atoms with E-state index in [1.165, 1.54) is 19.2 Å². The molecule has 0 atom stereocenters. The lowest BCUT2D eigenvalue weighted by Crippen LogP contribution is -2.31.